The van der Waals surface area contributed by atoms with Crippen LogP contribution in [0.1, 0.15) is 105 Å². The number of nitroso groups, excluding NO2 is 1. The molecule has 9 unspecified atom stereocenters. The molecule has 4 fully saturated rings. The fourth-order valence-electron chi connectivity index (χ4n) is 9.79. The second-order valence-corrected chi connectivity index (χ2v) is 12.6. The molecule has 10 atom stereocenters. The van der Waals surface area contributed by atoms with E-state index in [0.717, 1.165) is 47.3 Å². The van der Waals surface area contributed by atoms with Gasteiger partial charge in [0.2, 0.25) is 0 Å². The number of nitrogens with zero attached hydrogens (tertiary/aromatic N) is 1. The van der Waals surface area contributed by atoms with Crippen molar-refractivity contribution in [2.45, 2.75) is 105 Å². The van der Waals surface area contributed by atoms with Crippen LogP contribution < -0.4 is 0 Å². The molecule has 0 spiro atoms. The maximum Gasteiger partial charge on any atom is 0.0875 e. The first-order chi connectivity index (χ1) is 14.4. The Kier molecular flexibility index (Phi) is 7.00. The highest BCUT2D eigenvalue weighted by molar-refractivity contribution is 5.08. The highest BCUT2D eigenvalue weighted by atomic mass is 16.3. The molecule has 0 aromatic rings. The van der Waals surface area contributed by atoms with Gasteiger partial charge in [-0.05, 0) is 97.7 Å². The van der Waals surface area contributed by atoms with E-state index in [4.69, 9.17) is 0 Å². The summed E-state index contributed by atoms with van der Waals surface area (Å²) in [6, 6.07) is 0. The summed E-state index contributed by atoms with van der Waals surface area (Å²) in [6.45, 7) is 13.0. The Bertz CT molecular complexity index is 577. The molecular weight excluding hydrogens is 366 g/mol. The molecule has 2 heteroatoms. The molecule has 0 heterocycles. The normalized spacial score (nSPS) is 51.6. The first-order valence-electron chi connectivity index (χ1n) is 13.7. The fourth-order valence-corrected chi connectivity index (χ4v) is 9.79. The number of hydrogen-bond acceptors (Lipinski definition) is 2. The molecule has 4 saturated carbocycles. The average molecular weight is 416 g/mol. The van der Waals surface area contributed by atoms with Crippen LogP contribution in [0, 0.1) is 69.5 Å². The maximum absolute atomic E-state index is 11.8. The molecule has 172 valence electrons. The van der Waals surface area contributed by atoms with Crippen LogP contribution in [0.25, 0.3) is 0 Å². The molecule has 0 aliphatic heterocycles. The summed E-state index contributed by atoms with van der Waals surface area (Å²) in [7, 11) is 0. The molecule has 0 aromatic heterocycles. The molecule has 0 bridgehead atoms. The van der Waals surface area contributed by atoms with E-state index in [2.05, 4.69) is 39.8 Å². The minimum atomic E-state index is 0.180. The van der Waals surface area contributed by atoms with Gasteiger partial charge >= 0.3 is 0 Å². The third-order valence-corrected chi connectivity index (χ3v) is 11.4. The van der Waals surface area contributed by atoms with Crippen LogP contribution >= 0.6 is 0 Å². The van der Waals surface area contributed by atoms with Gasteiger partial charge in [0.1, 0.15) is 0 Å². The van der Waals surface area contributed by atoms with Crippen LogP contribution in [0.3, 0.4) is 0 Å². The molecule has 30 heavy (non-hydrogen) atoms. The summed E-state index contributed by atoms with van der Waals surface area (Å²) in [6.07, 6.45) is 15.6. The summed E-state index contributed by atoms with van der Waals surface area (Å²) in [4.78, 5) is 11.8. The van der Waals surface area contributed by atoms with Crippen LogP contribution in [0.4, 0.5) is 0 Å². The van der Waals surface area contributed by atoms with Gasteiger partial charge in [-0.2, -0.15) is 4.91 Å². The van der Waals surface area contributed by atoms with E-state index in [9.17, 15) is 4.91 Å². The van der Waals surface area contributed by atoms with Crippen LogP contribution in [0.2, 0.25) is 0 Å². The van der Waals surface area contributed by atoms with Crippen LogP contribution in [0.5, 0.6) is 0 Å². The van der Waals surface area contributed by atoms with E-state index in [1.165, 1.54) is 70.6 Å². The fraction of sp³-hybridized carbons (Fsp3) is 1.00. The van der Waals surface area contributed by atoms with Crippen LogP contribution in [0.15, 0.2) is 5.18 Å². The zero-order valence-electron chi connectivity index (χ0n) is 20.6. The second-order valence-electron chi connectivity index (χ2n) is 12.6. The average Bonchev–Trinajstić information content (AvgIpc) is 3.47. The van der Waals surface area contributed by atoms with Crippen LogP contribution in [-0.2, 0) is 0 Å². The monoisotopic (exact) mass is 415 g/mol. The van der Waals surface area contributed by atoms with Gasteiger partial charge in [0.25, 0.3) is 0 Å². The molecule has 0 N–H and O–H groups in total. The van der Waals surface area contributed by atoms with Crippen molar-refractivity contribution >= 4 is 0 Å². The Morgan fingerprint density at radius 2 is 1.63 bits per heavy atom. The van der Waals surface area contributed by atoms with Gasteiger partial charge in [0.05, 0.1) is 6.54 Å². The zero-order chi connectivity index (χ0) is 21.5. The second kappa shape index (κ2) is 9.22. The van der Waals surface area contributed by atoms with Gasteiger partial charge in [-0.25, -0.2) is 0 Å². The predicted molar refractivity (Wildman–Crippen MR) is 127 cm³/mol. The first kappa shape index (κ1) is 22.8. The summed E-state index contributed by atoms with van der Waals surface area (Å²) < 4.78 is 0. The van der Waals surface area contributed by atoms with Crippen molar-refractivity contribution < 1.29 is 0 Å². The minimum Gasteiger partial charge on any atom is -0.151 e. The van der Waals surface area contributed by atoms with Gasteiger partial charge in [0.15, 0.2) is 0 Å². The van der Waals surface area contributed by atoms with E-state index in [0.29, 0.717) is 18.4 Å². The maximum atomic E-state index is 11.8. The van der Waals surface area contributed by atoms with Gasteiger partial charge in [-0.15, -0.1) is 0 Å². The molecule has 4 aliphatic carbocycles. The lowest BCUT2D eigenvalue weighted by molar-refractivity contribution is 0.00411. The molecule has 0 aromatic carbocycles. The van der Waals surface area contributed by atoms with Gasteiger partial charge < -0.3 is 0 Å². The van der Waals surface area contributed by atoms with Crippen molar-refractivity contribution in [1.29, 1.82) is 0 Å². The molecule has 0 amide bonds. The molecule has 0 saturated heterocycles. The smallest absolute Gasteiger partial charge is 0.0875 e. The molecular formula is C28H49NO. The van der Waals surface area contributed by atoms with E-state index in [1.807, 2.05) is 0 Å². The largest absolute Gasteiger partial charge is 0.151 e. The third-order valence-electron chi connectivity index (χ3n) is 11.4. The highest BCUT2D eigenvalue weighted by Crippen LogP contribution is 2.65. The Balaban J connectivity index is 1.68. The lowest BCUT2D eigenvalue weighted by atomic mass is 9.57. The third kappa shape index (κ3) is 3.81. The van der Waals surface area contributed by atoms with Crippen molar-refractivity contribution in [3.8, 4) is 0 Å². The zero-order valence-corrected chi connectivity index (χ0v) is 20.6. The van der Waals surface area contributed by atoms with Crippen molar-refractivity contribution in [2.75, 3.05) is 6.54 Å². The van der Waals surface area contributed by atoms with Crippen molar-refractivity contribution in [3.05, 3.63) is 4.91 Å². The number of hydrogen-bond donors (Lipinski definition) is 0. The first-order valence-corrected chi connectivity index (χ1v) is 13.7. The summed E-state index contributed by atoms with van der Waals surface area (Å²) >= 11 is 0. The molecule has 4 rings (SSSR count). The van der Waals surface area contributed by atoms with E-state index in [1.54, 1.807) is 0 Å². The van der Waals surface area contributed by atoms with Crippen molar-refractivity contribution in [1.82, 2.24) is 0 Å². The SMILES string of the molecule is CCC1CCCC1C1C(CC2CCC(C)C2)C(C)C[C@@H]1C1(CN=O)C(C)CCC1C. The Morgan fingerprint density at radius 3 is 2.23 bits per heavy atom. The highest BCUT2D eigenvalue weighted by Gasteiger charge is 2.60. The Morgan fingerprint density at radius 1 is 0.900 bits per heavy atom. The molecule has 4 aliphatic rings. The van der Waals surface area contributed by atoms with Crippen molar-refractivity contribution in [2.24, 2.45) is 69.8 Å². The van der Waals surface area contributed by atoms with Crippen LogP contribution in [-0.4, -0.2) is 6.54 Å². The summed E-state index contributed by atoms with van der Waals surface area (Å²) in [5, 5.41) is 3.65. The quantitative estimate of drug-likeness (QED) is 0.384. The lowest BCUT2D eigenvalue weighted by Crippen LogP contribution is -2.45. The summed E-state index contributed by atoms with van der Waals surface area (Å²) in [5.74, 6) is 8.40. The van der Waals surface area contributed by atoms with Gasteiger partial charge in [0, 0.05) is 5.41 Å². The standard InChI is InChI=1S/C28H49NO/c1-6-23-8-7-9-24(23)27-25(16-22-13-10-18(2)14-22)19(3)15-26(27)28(17-29-30)20(4)11-12-21(28)5/h18-27H,6-17H2,1-5H3/t18?,19?,20?,21?,22?,23?,24?,25?,26-,27?,28?/m0/s1. The van der Waals surface area contributed by atoms with Crippen molar-refractivity contribution in [3.63, 3.8) is 0 Å². The predicted octanol–water partition coefficient (Wildman–Crippen LogP) is 8.35. The molecule has 2 nitrogen and oxygen atoms in total. The van der Waals surface area contributed by atoms with Gasteiger partial charge in [-0.1, -0.05) is 71.9 Å². The minimum absolute atomic E-state index is 0.180. The Hall–Kier alpha value is -0.400. The van der Waals surface area contributed by atoms with E-state index < -0.39 is 0 Å². The van der Waals surface area contributed by atoms with E-state index >= 15 is 0 Å². The number of rotatable bonds is 7. The Labute approximate surface area is 186 Å². The topological polar surface area (TPSA) is 29.4 Å². The molecule has 0 radical (unpaired) electrons. The lowest BCUT2D eigenvalue weighted by Gasteiger charge is -2.47. The summed E-state index contributed by atoms with van der Waals surface area (Å²) in [5.41, 5.74) is 0.180. The van der Waals surface area contributed by atoms with E-state index in [-0.39, 0.29) is 5.41 Å². The van der Waals surface area contributed by atoms with Gasteiger partial charge in [-0.3, -0.25) is 0 Å².